The molecule has 0 aliphatic carbocycles. The van der Waals surface area contributed by atoms with Crippen molar-refractivity contribution < 1.29 is 13.3 Å². The minimum Gasteiger partial charge on any atom is -0.258 e. The van der Waals surface area contributed by atoms with Crippen molar-refractivity contribution in [2.24, 2.45) is 0 Å². The molecule has 1 heterocycles. The summed E-state index contributed by atoms with van der Waals surface area (Å²) in [6, 6.07) is 2.37. The Balaban J connectivity index is 2.57. The predicted octanol–water partition coefficient (Wildman–Crippen LogP) is 2.69. The molecule has 0 saturated carbocycles. The van der Waals surface area contributed by atoms with Gasteiger partial charge >= 0.3 is 5.69 Å². The molecule has 1 fully saturated rings. The van der Waals surface area contributed by atoms with Gasteiger partial charge in [0.1, 0.15) is 14.9 Å². The Morgan fingerprint density at radius 2 is 1.79 bits per heavy atom. The molecule has 104 valence electrons. The summed E-state index contributed by atoms with van der Waals surface area (Å²) < 4.78 is 25.9. The van der Waals surface area contributed by atoms with Gasteiger partial charge < -0.3 is 0 Å². The summed E-state index contributed by atoms with van der Waals surface area (Å²) in [7, 11) is -3.80. The second-order valence-electron chi connectivity index (χ2n) is 4.08. The summed E-state index contributed by atoms with van der Waals surface area (Å²) in [4.78, 5) is 9.82. The first-order chi connectivity index (χ1) is 8.85. The summed E-state index contributed by atoms with van der Waals surface area (Å²) in [6.45, 7) is 0.796. The Kier molecular flexibility index (Phi) is 4.00. The van der Waals surface area contributed by atoms with Crippen LogP contribution in [0.5, 0.6) is 0 Å². The number of benzene rings is 1. The van der Waals surface area contributed by atoms with Gasteiger partial charge in [-0.1, -0.05) is 23.2 Å². The number of rotatable bonds is 3. The average Bonchev–Trinajstić information content (AvgIpc) is 2.81. The third kappa shape index (κ3) is 2.55. The minimum atomic E-state index is -3.80. The van der Waals surface area contributed by atoms with E-state index in [0.717, 1.165) is 12.8 Å². The van der Waals surface area contributed by atoms with Gasteiger partial charge in [-0.3, -0.25) is 10.1 Å². The van der Waals surface area contributed by atoms with Gasteiger partial charge in [-0.2, -0.15) is 4.31 Å². The van der Waals surface area contributed by atoms with Crippen LogP contribution in [-0.4, -0.2) is 30.7 Å². The zero-order valence-electron chi connectivity index (χ0n) is 9.67. The third-order valence-corrected chi connectivity index (χ3v) is 5.64. The maximum Gasteiger partial charge on any atom is 0.307 e. The van der Waals surface area contributed by atoms with Crippen molar-refractivity contribution in [3.63, 3.8) is 0 Å². The van der Waals surface area contributed by atoms with E-state index in [-0.39, 0.29) is 9.92 Å². The van der Waals surface area contributed by atoms with Crippen LogP contribution >= 0.6 is 23.2 Å². The van der Waals surface area contributed by atoms with Crippen molar-refractivity contribution in [3.8, 4) is 0 Å². The second-order valence-corrected chi connectivity index (χ2v) is 6.77. The van der Waals surface area contributed by atoms with Crippen LogP contribution in [0.25, 0.3) is 0 Å². The van der Waals surface area contributed by atoms with Crippen LogP contribution in [0.2, 0.25) is 10.0 Å². The van der Waals surface area contributed by atoms with E-state index in [0.29, 0.717) is 13.1 Å². The van der Waals surface area contributed by atoms with E-state index in [2.05, 4.69) is 0 Å². The summed E-state index contributed by atoms with van der Waals surface area (Å²) in [5.41, 5.74) is -0.580. The quantitative estimate of drug-likeness (QED) is 0.632. The zero-order valence-corrected chi connectivity index (χ0v) is 12.0. The molecule has 0 N–H and O–H groups in total. The molecule has 0 aromatic heterocycles. The van der Waals surface area contributed by atoms with Gasteiger partial charge in [-0.15, -0.1) is 0 Å². The van der Waals surface area contributed by atoms with Crippen molar-refractivity contribution >= 4 is 38.9 Å². The molecule has 0 spiro atoms. The van der Waals surface area contributed by atoms with Gasteiger partial charge in [0.2, 0.25) is 10.0 Å². The molecule has 1 aromatic carbocycles. The maximum atomic E-state index is 12.3. The number of hydrogen-bond donors (Lipinski definition) is 0. The molecule has 19 heavy (non-hydrogen) atoms. The van der Waals surface area contributed by atoms with Crippen molar-refractivity contribution in [3.05, 3.63) is 32.3 Å². The molecule has 1 aliphatic rings. The van der Waals surface area contributed by atoms with Crippen LogP contribution in [0.15, 0.2) is 17.0 Å². The van der Waals surface area contributed by atoms with Gasteiger partial charge in [0.05, 0.1) is 4.92 Å². The summed E-state index contributed by atoms with van der Waals surface area (Å²) in [5, 5.41) is 10.2. The number of sulfonamides is 1. The van der Waals surface area contributed by atoms with E-state index in [1.165, 1.54) is 16.4 Å². The molecule has 0 unspecified atom stereocenters. The number of nitro groups is 1. The minimum absolute atomic E-state index is 0.185. The lowest BCUT2D eigenvalue weighted by molar-refractivity contribution is -0.384. The van der Waals surface area contributed by atoms with Crippen molar-refractivity contribution in [1.82, 2.24) is 4.31 Å². The molecular weight excluding hydrogens is 315 g/mol. The average molecular weight is 325 g/mol. The molecule has 1 aliphatic heterocycles. The largest absolute Gasteiger partial charge is 0.307 e. The lowest BCUT2D eigenvalue weighted by atomic mass is 10.3. The molecule has 0 radical (unpaired) electrons. The van der Waals surface area contributed by atoms with E-state index in [1.807, 2.05) is 0 Å². The Bertz CT molecular complexity index is 627. The topological polar surface area (TPSA) is 80.5 Å². The second kappa shape index (κ2) is 5.24. The number of nitrogens with zero attached hydrogens (tertiary/aromatic N) is 2. The molecule has 6 nitrogen and oxygen atoms in total. The fourth-order valence-corrected chi connectivity index (χ4v) is 4.34. The summed E-state index contributed by atoms with van der Waals surface area (Å²) >= 11 is 11.5. The van der Waals surface area contributed by atoms with Crippen molar-refractivity contribution in [2.75, 3.05) is 13.1 Å². The first-order valence-corrected chi connectivity index (χ1v) is 7.68. The molecule has 1 saturated heterocycles. The Morgan fingerprint density at radius 3 is 2.32 bits per heavy atom. The van der Waals surface area contributed by atoms with E-state index >= 15 is 0 Å². The van der Waals surface area contributed by atoms with E-state index in [9.17, 15) is 18.5 Å². The van der Waals surface area contributed by atoms with Crippen LogP contribution in [-0.2, 0) is 10.0 Å². The molecule has 9 heteroatoms. The summed E-state index contributed by atoms with van der Waals surface area (Å²) in [6.07, 6.45) is 1.54. The third-order valence-electron chi connectivity index (χ3n) is 2.90. The van der Waals surface area contributed by atoms with Gasteiger partial charge in [0.25, 0.3) is 0 Å². The van der Waals surface area contributed by atoms with Crippen LogP contribution in [0.4, 0.5) is 5.69 Å². The lowest BCUT2D eigenvalue weighted by Crippen LogP contribution is -2.28. The highest BCUT2D eigenvalue weighted by Gasteiger charge is 2.33. The Morgan fingerprint density at radius 1 is 1.21 bits per heavy atom. The number of halogens is 2. The van der Waals surface area contributed by atoms with Gasteiger partial charge in [-0.25, -0.2) is 8.42 Å². The van der Waals surface area contributed by atoms with Crippen LogP contribution in [0.3, 0.4) is 0 Å². The monoisotopic (exact) mass is 324 g/mol. The Labute approximate surface area is 120 Å². The molecule has 1 aromatic rings. The molecule has 0 atom stereocenters. The summed E-state index contributed by atoms with van der Waals surface area (Å²) in [5.74, 6) is 0. The highest BCUT2D eigenvalue weighted by molar-refractivity contribution is 7.89. The molecule has 2 rings (SSSR count). The van der Waals surface area contributed by atoms with Crippen LogP contribution < -0.4 is 0 Å². The fraction of sp³-hybridized carbons (Fsp3) is 0.400. The fourth-order valence-electron chi connectivity index (χ4n) is 1.96. The standard InChI is InChI=1S/C10H10Cl2N2O4S/c11-7-3-4-8(9(12)10(7)14(15)16)19(17,18)13-5-1-2-6-13/h3-4H,1-2,5-6H2. The van der Waals surface area contributed by atoms with Crippen molar-refractivity contribution in [2.45, 2.75) is 17.7 Å². The SMILES string of the molecule is O=[N+]([O-])c1c(Cl)ccc(S(=O)(=O)N2CCCC2)c1Cl. The highest BCUT2D eigenvalue weighted by Crippen LogP contribution is 2.38. The first kappa shape index (κ1) is 14.5. The van der Waals surface area contributed by atoms with E-state index < -0.39 is 25.7 Å². The number of hydrogen-bond acceptors (Lipinski definition) is 4. The van der Waals surface area contributed by atoms with E-state index in [1.54, 1.807) is 0 Å². The molecule has 0 amide bonds. The zero-order chi connectivity index (χ0) is 14.2. The first-order valence-electron chi connectivity index (χ1n) is 5.48. The predicted molar refractivity (Wildman–Crippen MR) is 71.1 cm³/mol. The van der Waals surface area contributed by atoms with Gasteiger partial charge in [0, 0.05) is 13.1 Å². The maximum absolute atomic E-state index is 12.3. The van der Waals surface area contributed by atoms with E-state index in [4.69, 9.17) is 23.2 Å². The Hall–Kier alpha value is -0.890. The lowest BCUT2D eigenvalue weighted by Gasteiger charge is -2.16. The molecule has 0 bridgehead atoms. The van der Waals surface area contributed by atoms with Crippen molar-refractivity contribution in [1.29, 1.82) is 0 Å². The molecular formula is C10H10Cl2N2O4S. The smallest absolute Gasteiger partial charge is 0.258 e. The normalized spacial score (nSPS) is 16.7. The highest BCUT2D eigenvalue weighted by atomic mass is 35.5. The van der Waals surface area contributed by atoms with Crippen LogP contribution in [0.1, 0.15) is 12.8 Å². The van der Waals surface area contributed by atoms with Gasteiger partial charge in [-0.05, 0) is 25.0 Å². The number of nitro benzene ring substituents is 1. The van der Waals surface area contributed by atoms with Crippen LogP contribution in [0, 0.1) is 10.1 Å². The van der Waals surface area contributed by atoms with Gasteiger partial charge in [0.15, 0.2) is 0 Å².